The van der Waals surface area contributed by atoms with Crippen molar-refractivity contribution in [3.63, 3.8) is 0 Å². The number of aromatic nitrogens is 2. The van der Waals surface area contributed by atoms with E-state index in [4.69, 9.17) is 18.9 Å². The van der Waals surface area contributed by atoms with Gasteiger partial charge < -0.3 is 28.4 Å². The van der Waals surface area contributed by atoms with Crippen molar-refractivity contribution in [1.82, 2.24) is 29.6 Å². The second kappa shape index (κ2) is 16.9. The predicted molar refractivity (Wildman–Crippen MR) is 218 cm³/mol. The first-order chi connectivity index (χ1) is 28.9. The van der Waals surface area contributed by atoms with E-state index in [1.165, 1.54) is 12.1 Å². The molecule has 16 heteroatoms. The van der Waals surface area contributed by atoms with Crippen LogP contribution in [0.1, 0.15) is 58.4 Å². The Hall–Kier alpha value is -6.13. The van der Waals surface area contributed by atoms with E-state index in [9.17, 15) is 28.8 Å². The highest BCUT2D eigenvalue weighted by atomic mass is 16.5. The summed E-state index contributed by atoms with van der Waals surface area (Å²) in [5.74, 6) is 0.399. The van der Waals surface area contributed by atoms with Gasteiger partial charge in [-0.05, 0) is 85.5 Å². The van der Waals surface area contributed by atoms with Crippen LogP contribution in [0.5, 0.6) is 17.2 Å². The maximum atomic E-state index is 13.2. The number of nitrogens with one attached hydrogen (secondary N) is 1. The maximum Gasteiger partial charge on any atom is 0.262 e. The lowest BCUT2D eigenvalue weighted by Gasteiger charge is -2.28. The number of rotatable bonds is 14. The van der Waals surface area contributed by atoms with Gasteiger partial charge in [0, 0.05) is 63.3 Å². The molecule has 1 saturated carbocycles. The third-order valence-corrected chi connectivity index (χ3v) is 12.4. The van der Waals surface area contributed by atoms with Crippen LogP contribution in [0.15, 0.2) is 59.8 Å². The highest BCUT2D eigenvalue weighted by molar-refractivity contribution is 6.23. The number of ether oxygens (including phenoxy) is 4. The fourth-order valence-electron chi connectivity index (χ4n) is 9.22. The quantitative estimate of drug-likeness (QED) is 0.145. The van der Waals surface area contributed by atoms with Gasteiger partial charge in [0.05, 0.1) is 55.9 Å². The number of pyridine rings is 2. The third kappa shape index (κ3) is 7.72. The SMILES string of the molecule is COc1cc(-c2cn(C)c(=O)c3cnccc23)cc(OC)c1CN(C)C1CC2CN(C(=O)CCOCCOc3ccc4c(c3)C(=O)N(C3CCC(=O)NC3=O)C4=O)CC2C1. The number of carbonyl (C=O) groups excluding carboxylic acids is 5. The Morgan fingerprint density at radius 1 is 0.883 bits per heavy atom. The molecule has 1 aliphatic carbocycles. The van der Waals surface area contributed by atoms with E-state index in [1.807, 2.05) is 29.3 Å². The van der Waals surface area contributed by atoms with Crippen molar-refractivity contribution in [2.75, 3.05) is 54.2 Å². The molecule has 8 rings (SSSR count). The van der Waals surface area contributed by atoms with E-state index in [-0.39, 0.29) is 61.7 Å². The smallest absolute Gasteiger partial charge is 0.262 e. The molecule has 60 heavy (non-hydrogen) atoms. The minimum Gasteiger partial charge on any atom is -0.496 e. The molecule has 5 heterocycles. The van der Waals surface area contributed by atoms with Gasteiger partial charge in [0.15, 0.2) is 0 Å². The van der Waals surface area contributed by atoms with Crippen LogP contribution >= 0.6 is 0 Å². The molecule has 314 valence electrons. The number of aryl methyl sites for hydroxylation is 1. The molecule has 4 aromatic rings. The molecule has 5 amide bonds. The van der Waals surface area contributed by atoms with Crippen molar-refractivity contribution >= 4 is 40.3 Å². The van der Waals surface area contributed by atoms with Gasteiger partial charge in [0.2, 0.25) is 17.7 Å². The molecular weight excluding hydrogens is 773 g/mol. The predicted octanol–water partition coefficient (Wildman–Crippen LogP) is 3.17. The van der Waals surface area contributed by atoms with Crippen molar-refractivity contribution in [3.05, 3.63) is 82.0 Å². The normalized spacial score (nSPS) is 21.1. The molecule has 3 aliphatic heterocycles. The number of piperidine rings is 1. The average Bonchev–Trinajstić information content (AvgIpc) is 3.91. The number of amides is 5. The second-order valence-electron chi connectivity index (χ2n) is 16.0. The van der Waals surface area contributed by atoms with E-state index in [1.54, 1.807) is 44.3 Å². The summed E-state index contributed by atoms with van der Waals surface area (Å²) in [5.41, 5.74) is 2.90. The molecule has 3 fully saturated rings. The van der Waals surface area contributed by atoms with Crippen LogP contribution in [-0.2, 0) is 32.7 Å². The van der Waals surface area contributed by atoms with Crippen LogP contribution < -0.4 is 25.1 Å². The average molecular weight is 821 g/mol. The van der Waals surface area contributed by atoms with Gasteiger partial charge in [-0.25, -0.2) is 0 Å². The number of benzene rings is 2. The standard InChI is InChI=1S/C44H48N6O10/c1-47(24-35-37(57-3)17-25(18-38(35)58-4)34-23-48(2)42(54)33-20-45-11-9-30(33)34)28-15-26-21-49(22-27(26)16-28)40(52)10-12-59-13-14-60-29-5-6-31-32(19-29)44(56)50(43(31)55)36-7-8-39(51)46-41(36)53/h5-6,9,11,17-20,23,26-28,36H,7-8,10,12-16,21-22,24H2,1-4H3,(H,46,51,53). The molecule has 2 aromatic carbocycles. The monoisotopic (exact) mass is 820 g/mol. The third-order valence-electron chi connectivity index (χ3n) is 12.4. The maximum absolute atomic E-state index is 13.2. The first-order valence-corrected chi connectivity index (χ1v) is 20.2. The molecule has 0 spiro atoms. The van der Waals surface area contributed by atoms with Crippen LogP contribution in [0.3, 0.4) is 0 Å². The van der Waals surface area contributed by atoms with E-state index in [0.717, 1.165) is 52.9 Å². The Balaban J connectivity index is 0.789. The number of hydrogen-bond acceptors (Lipinski definition) is 12. The molecule has 1 N–H and O–H groups in total. The van der Waals surface area contributed by atoms with Crippen LogP contribution in [0.4, 0.5) is 0 Å². The summed E-state index contributed by atoms with van der Waals surface area (Å²) < 4.78 is 24.9. The fraction of sp³-hybridized carbons (Fsp3) is 0.432. The van der Waals surface area contributed by atoms with Gasteiger partial charge in [0.1, 0.15) is 29.9 Å². The van der Waals surface area contributed by atoms with Gasteiger partial charge in [-0.3, -0.25) is 48.9 Å². The number of methoxy groups -OCH3 is 2. The zero-order chi connectivity index (χ0) is 42.2. The summed E-state index contributed by atoms with van der Waals surface area (Å²) in [7, 11) is 7.16. The van der Waals surface area contributed by atoms with Crippen LogP contribution in [-0.4, -0.2) is 120 Å². The fourth-order valence-corrected chi connectivity index (χ4v) is 9.22. The summed E-state index contributed by atoms with van der Waals surface area (Å²) >= 11 is 0. The van der Waals surface area contributed by atoms with Crippen molar-refractivity contribution in [3.8, 4) is 28.4 Å². The Bertz CT molecular complexity index is 2410. The van der Waals surface area contributed by atoms with Crippen LogP contribution in [0, 0.1) is 11.8 Å². The highest BCUT2D eigenvalue weighted by Crippen LogP contribution is 2.43. The molecule has 16 nitrogen and oxygen atoms in total. The summed E-state index contributed by atoms with van der Waals surface area (Å²) in [5, 5.41) is 3.54. The van der Waals surface area contributed by atoms with E-state index >= 15 is 0 Å². The second-order valence-corrected chi connectivity index (χ2v) is 16.0. The Morgan fingerprint density at radius 2 is 1.60 bits per heavy atom. The molecule has 3 atom stereocenters. The van der Waals surface area contributed by atoms with E-state index < -0.39 is 29.7 Å². The topological polar surface area (TPSA) is 179 Å². The van der Waals surface area contributed by atoms with Gasteiger partial charge in [-0.15, -0.1) is 0 Å². The van der Waals surface area contributed by atoms with E-state index in [0.29, 0.717) is 47.1 Å². The van der Waals surface area contributed by atoms with E-state index in [2.05, 4.69) is 22.2 Å². The minimum atomic E-state index is -1.03. The molecule has 2 aromatic heterocycles. The number of imide groups is 2. The number of fused-ring (bicyclic) bond motifs is 3. The largest absolute Gasteiger partial charge is 0.496 e. The zero-order valence-electron chi connectivity index (χ0n) is 34.1. The lowest BCUT2D eigenvalue weighted by atomic mass is 9.98. The lowest BCUT2D eigenvalue weighted by molar-refractivity contribution is -0.136. The lowest BCUT2D eigenvalue weighted by Crippen LogP contribution is -2.54. The van der Waals surface area contributed by atoms with Crippen molar-refractivity contribution in [2.45, 2.75) is 50.7 Å². The van der Waals surface area contributed by atoms with Crippen molar-refractivity contribution < 1.29 is 42.9 Å². The summed E-state index contributed by atoms with van der Waals surface area (Å²) in [6.07, 6.45) is 7.47. The number of hydrogen-bond donors (Lipinski definition) is 1. The molecule has 4 aliphatic rings. The first kappa shape index (κ1) is 40.6. The number of carbonyl (C=O) groups is 5. The molecule has 0 radical (unpaired) electrons. The van der Waals surface area contributed by atoms with Gasteiger partial charge in [-0.1, -0.05) is 0 Å². The molecule has 2 saturated heterocycles. The first-order valence-electron chi connectivity index (χ1n) is 20.2. The summed E-state index contributed by atoms with van der Waals surface area (Å²) in [6, 6.07) is 9.69. The van der Waals surface area contributed by atoms with Crippen molar-refractivity contribution in [2.24, 2.45) is 18.9 Å². The van der Waals surface area contributed by atoms with Crippen LogP contribution in [0.2, 0.25) is 0 Å². The molecule has 3 unspecified atom stereocenters. The summed E-state index contributed by atoms with van der Waals surface area (Å²) in [4.78, 5) is 85.2. The highest BCUT2D eigenvalue weighted by Gasteiger charge is 2.45. The zero-order valence-corrected chi connectivity index (χ0v) is 34.1. The molecule has 0 bridgehead atoms. The number of nitrogens with zero attached hydrogens (tertiary/aromatic N) is 5. The van der Waals surface area contributed by atoms with Crippen molar-refractivity contribution in [1.29, 1.82) is 0 Å². The Morgan fingerprint density at radius 3 is 2.30 bits per heavy atom. The summed E-state index contributed by atoms with van der Waals surface area (Å²) in [6.45, 7) is 2.70. The van der Waals surface area contributed by atoms with Gasteiger partial charge in [0.25, 0.3) is 17.4 Å². The van der Waals surface area contributed by atoms with Gasteiger partial charge in [-0.2, -0.15) is 0 Å². The Kier molecular flexibility index (Phi) is 11.4. The molecular formula is C44H48N6O10. The van der Waals surface area contributed by atoms with Crippen LogP contribution in [0.25, 0.3) is 21.9 Å². The minimum absolute atomic E-state index is 0.0483. The number of likely N-dealkylation sites (tertiary alicyclic amines) is 1. The Labute approximate surface area is 346 Å². The van der Waals surface area contributed by atoms with Gasteiger partial charge >= 0.3 is 0 Å².